The molecule has 0 heterocycles. The minimum Gasteiger partial charge on any atom is -0.693 e. The quantitative estimate of drug-likeness (QED) is 0.563. The molecule has 0 amide bonds. The molecule has 0 unspecified atom stereocenters. The van der Waals surface area contributed by atoms with E-state index in [9.17, 15) is 4.79 Å². The van der Waals surface area contributed by atoms with Gasteiger partial charge in [-0.05, 0) is 0 Å². The van der Waals surface area contributed by atoms with Crippen LogP contribution in [-0.4, -0.2) is 16.2 Å². The van der Waals surface area contributed by atoms with Crippen LogP contribution in [0.1, 0.15) is 0 Å². The number of hydrogen-bond donors (Lipinski definition) is 2. The Morgan fingerprint density at radius 2 is 1.67 bits per heavy atom. The number of aliphatic carboxylic acids is 1. The van der Waals surface area contributed by atoms with Crippen molar-refractivity contribution in [3.8, 4) is 0 Å². The van der Waals surface area contributed by atoms with Gasteiger partial charge in [-0.2, -0.15) is 0 Å². The maximum absolute atomic E-state index is 9.35. The molecule has 0 aliphatic carbocycles. The van der Waals surface area contributed by atoms with E-state index in [0.717, 1.165) is 0 Å². The third-order valence-corrected chi connectivity index (χ3v) is 0.217. The second-order valence-corrected chi connectivity index (χ2v) is 0.654. The zero-order valence-electron chi connectivity index (χ0n) is 4.43. The Labute approximate surface area is 67.2 Å². The molecule has 9 heavy (non-hydrogen) atoms. The van der Waals surface area contributed by atoms with Crippen molar-refractivity contribution < 1.29 is 36.1 Å². The minimum atomic E-state index is -1.14. The summed E-state index contributed by atoms with van der Waals surface area (Å²) >= 11 is 0. The summed E-state index contributed by atoms with van der Waals surface area (Å²) in [6, 6.07) is 0. The monoisotopic (exact) mass is 315 g/mol. The molecule has 0 saturated carbocycles. The van der Waals surface area contributed by atoms with Crippen LogP contribution in [0.3, 0.4) is 0 Å². The summed E-state index contributed by atoms with van der Waals surface area (Å²) < 4.78 is 0. The maximum Gasteiger partial charge on any atom is 2.00 e. The Hall–Kier alpha value is -0.382. The van der Waals surface area contributed by atoms with Gasteiger partial charge < -0.3 is 22.5 Å². The van der Waals surface area contributed by atoms with Crippen molar-refractivity contribution in [2.24, 2.45) is 0 Å². The topological polar surface area (TPSA) is 125 Å². The van der Waals surface area contributed by atoms with Gasteiger partial charge in [-0.1, -0.05) is 0 Å². The van der Waals surface area contributed by atoms with Crippen molar-refractivity contribution in [1.82, 2.24) is 0 Å². The van der Waals surface area contributed by atoms with Crippen LogP contribution in [0.15, 0.2) is 12.3 Å². The van der Waals surface area contributed by atoms with E-state index in [1.807, 2.05) is 0 Å². The molecule has 0 aromatic heterocycles. The normalized spacial score (nSPS) is 6.22. The van der Waals surface area contributed by atoms with Gasteiger partial charge in [0.15, 0.2) is 0 Å². The summed E-state index contributed by atoms with van der Waals surface area (Å²) in [5.41, 5.74) is 0. The number of carboxylic acids is 1. The maximum atomic E-state index is 9.35. The predicted molar refractivity (Wildman–Crippen MR) is 30.0 cm³/mol. The van der Waals surface area contributed by atoms with Crippen LogP contribution in [0.4, 0.5) is 0 Å². The molecule has 6 N–H and O–H groups in total. The molecule has 0 rings (SSSR count). The second-order valence-electron chi connectivity index (χ2n) is 0.654. The molecule has 0 aromatic rings. The molecule has 0 aromatic carbocycles. The van der Waals surface area contributed by atoms with Crippen molar-refractivity contribution >= 4 is 5.97 Å². The van der Waals surface area contributed by atoms with E-state index in [2.05, 4.69) is 0 Å². The first-order chi connectivity index (χ1) is 2.77. The third-order valence-electron chi connectivity index (χ3n) is 0.217. The van der Waals surface area contributed by atoms with Crippen LogP contribution in [0, 0.1) is 0 Å². The molecule has 58 valence electrons. The second kappa shape index (κ2) is 15.6. The number of aliphatic hydroxyl groups excluding tert-OH is 1. The van der Waals surface area contributed by atoms with E-state index in [4.69, 9.17) is 10.2 Å². The Kier molecular flexibility index (Phi) is 40.8. The van der Waals surface area contributed by atoms with Crippen LogP contribution in [0.5, 0.6) is 0 Å². The summed E-state index contributed by atoms with van der Waals surface area (Å²) in [6.07, 6.45) is 1.11. The summed E-state index contributed by atoms with van der Waals surface area (Å²) in [6.45, 7) is 0. The molecule has 0 fully saturated rings. The van der Waals surface area contributed by atoms with Crippen molar-refractivity contribution in [3.63, 3.8) is 0 Å². The number of carbonyl (C=O) groups is 1. The van der Waals surface area contributed by atoms with Crippen LogP contribution in [0.2, 0.25) is 0 Å². The van der Waals surface area contributed by atoms with Crippen molar-refractivity contribution in [2.75, 3.05) is 0 Å². The number of hydrogen-bond acceptors (Lipinski definition) is 2. The van der Waals surface area contributed by atoms with Gasteiger partial charge in [-0.15, -0.1) is 0 Å². The van der Waals surface area contributed by atoms with Crippen LogP contribution in [-0.2, 0) is 25.9 Å². The molecule has 0 aliphatic rings. The van der Waals surface area contributed by atoms with E-state index < -0.39 is 5.97 Å². The molecular formula is C3H8N2O3Pt. The molecule has 5 nitrogen and oxygen atoms in total. The van der Waals surface area contributed by atoms with Crippen molar-refractivity contribution in [3.05, 3.63) is 24.6 Å². The van der Waals surface area contributed by atoms with Gasteiger partial charge in [0.05, 0.1) is 12.3 Å². The first-order valence-electron chi connectivity index (χ1n) is 1.31. The van der Waals surface area contributed by atoms with Gasteiger partial charge in [0, 0.05) is 0 Å². The molecule has 0 radical (unpaired) electrons. The van der Waals surface area contributed by atoms with E-state index in [1.54, 1.807) is 0 Å². The van der Waals surface area contributed by atoms with Gasteiger partial charge in [-0.3, -0.25) is 0 Å². The van der Waals surface area contributed by atoms with Gasteiger partial charge in [0.2, 0.25) is 0 Å². The number of carboxylic acid groups (broad SMARTS) is 1. The number of rotatable bonds is 1. The number of nitrogens with two attached hydrogens (primary N) is 2. The Morgan fingerprint density at radius 3 is 1.67 bits per heavy atom. The van der Waals surface area contributed by atoms with Gasteiger partial charge >= 0.3 is 27.0 Å². The molecule has 0 bridgehead atoms. The first kappa shape index (κ1) is 23.5. The zero-order chi connectivity index (χ0) is 4.99. The fourth-order valence-electron chi connectivity index (χ4n) is 0.0638. The summed E-state index contributed by atoms with van der Waals surface area (Å²) in [5, 5.41) is 15.3. The van der Waals surface area contributed by atoms with Crippen molar-refractivity contribution in [1.29, 1.82) is 0 Å². The van der Waals surface area contributed by atoms with E-state index in [0.29, 0.717) is 12.3 Å². The van der Waals surface area contributed by atoms with Gasteiger partial charge in [0.1, 0.15) is 0 Å². The predicted octanol–water partition coefficient (Wildman–Crippen LogP) is 1.57. The number of aliphatic hydroxyl groups is 1. The molecule has 0 spiro atoms. The smallest absolute Gasteiger partial charge is 0.693 e. The molecule has 0 saturated heterocycles. The summed E-state index contributed by atoms with van der Waals surface area (Å²) in [4.78, 5) is 9.35. The molecule has 6 heteroatoms. The SMILES string of the molecule is O=C(O)C=CO.[NH2-].[NH2-].[Pt+2]. The molecule has 0 atom stereocenters. The van der Waals surface area contributed by atoms with E-state index >= 15 is 0 Å². The fourth-order valence-corrected chi connectivity index (χ4v) is 0.0638. The first-order valence-corrected chi connectivity index (χ1v) is 1.31. The third kappa shape index (κ3) is 35.1. The van der Waals surface area contributed by atoms with Crippen LogP contribution >= 0.6 is 0 Å². The van der Waals surface area contributed by atoms with Gasteiger partial charge in [0.25, 0.3) is 0 Å². The average molecular weight is 315 g/mol. The van der Waals surface area contributed by atoms with Crippen molar-refractivity contribution in [2.45, 2.75) is 0 Å². The Morgan fingerprint density at radius 1 is 1.33 bits per heavy atom. The molecular weight excluding hydrogens is 307 g/mol. The Bertz CT molecular complexity index is 85.1. The minimum absolute atomic E-state index is 0. The van der Waals surface area contributed by atoms with E-state index in [-0.39, 0.29) is 33.4 Å². The van der Waals surface area contributed by atoms with Crippen LogP contribution < -0.4 is 0 Å². The van der Waals surface area contributed by atoms with Gasteiger partial charge in [-0.25, -0.2) is 4.79 Å². The van der Waals surface area contributed by atoms with E-state index in [1.165, 1.54) is 0 Å². The Balaban J connectivity index is -0.0000000417. The fraction of sp³-hybridized carbons (Fsp3) is 0. The molecule has 0 aliphatic heterocycles. The largest absolute Gasteiger partial charge is 2.00 e. The summed E-state index contributed by atoms with van der Waals surface area (Å²) in [7, 11) is 0. The average Bonchev–Trinajstić information content (AvgIpc) is 1.35. The van der Waals surface area contributed by atoms with Crippen LogP contribution in [0.25, 0.3) is 12.3 Å². The standard InChI is InChI=1S/C3H4O3.2H2N.Pt/c4-2-1-3(5)6;;;/h1-2,4H,(H,5,6);2*1H2;/q;2*-1;+2. The summed E-state index contributed by atoms with van der Waals surface area (Å²) in [5.74, 6) is -1.14. The zero-order valence-corrected chi connectivity index (χ0v) is 6.70.